The van der Waals surface area contributed by atoms with E-state index in [-0.39, 0.29) is 11.5 Å². The molecule has 0 aliphatic rings. The number of pyridine rings is 1. The number of aromatic nitrogens is 1. The molecule has 0 saturated heterocycles. The van der Waals surface area contributed by atoms with Gasteiger partial charge in [-0.25, -0.2) is 0 Å². The summed E-state index contributed by atoms with van der Waals surface area (Å²) in [6.45, 7) is 0. The zero-order valence-corrected chi connectivity index (χ0v) is 12.4. The number of aromatic hydroxyl groups is 2. The second-order valence-electron chi connectivity index (χ2n) is 5.62. The van der Waals surface area contributed by atoms with Crippen molar-refractivity contribution < 1.29 is 10.2 Å². The van der Waals surface area contributed by atoms with Crippen molar-refractivity contribution in [1.29, 1.82) is 0 Å². The van der Waals surface area contributed by atoms with E-state index in [0.717, 1.165) is 32.8 Å². The lowest BCUT2D eigenvalue weighted by atomic mass is 9.97. The molecule has 3 heteroatoms. The summed E-state index contributed by atoms with van der Waals surface area (Å²) in [4.78, 5) is 4.47. The molecule has 0 aliphatic heterocycles. The Morgan fingerprint density at radius 3 is 2.48 bits per heavy atom. The highest BCUT2D eigenvalue weighted by atomic mass is 16.3. The molecule has 1 aromatic heterocycles. The van der Waals surface area contributed by atoms with Gasteiger partial charge in [-0.2, -0.15) is 0 Å². The van der Waals surface area contributed by atoms with Crippen LogP contribution in [-0.4, -0.2) is 15.2 Å². The molecule has 3 nitrogen and oxygen atoms in total. The predicted molar refractivity (Wildman–Crippen MR) is 91.8 cm³/mol. The third-order valence-corrected chi connectivity index (χ3v) is 4.19. The minimum absolute atomic E-state index is 0.217. The monoisotopic (exact) mass is 301 g/mol. The van der Waals surface area contributed by atoms with Gasteiger partial charge in [-0.3, -0.25) is 4.98 Å². The van der Waals surface area contributed by atoms with Crippen molar-refractivity contribution in [2.45, 2.75) is 6.42 Å². The van der Waals surface area contributed by atoms with Gasteiger partial charge in [-0.15, -0.1) is 0 Å². The Morgan fingerprint density at radius 1 is 0.783 bits per heavy atom. The molecular weight excluding hydrogens is 286 g/mol. The van der Waals surface area contributed by atoms with Crippen LogP contribution >= 0.6 is 0 Å². The molecule has 23 heavy (non-hydrogen) atoms. The van der Waals surface area contributed by atoms with Crippen molar-refractivity contribution in [1.82, 2.24) is 4.98 Å². The SMILES string of the molecule is Oc1ccc2ccnc(Cc3c(O)ccc4ccccc34)c2c1. The highest BCUT2D eigenvalue weighted by Crippen LogP contribution is 2.31. The Morgan fingerprint density at radius 2 is 1.57 bits per heavy atom. The maximum absolute atomic E-state index is 10.3. The molecule has 1 heterocycles. The van der Waals surface area contributed by atoms with Crippen LogP contribution in [0.3, 0.4) is 0 Å². The quantitative estimate of drug-likeness (QED) is 0.577. The van der Waals surface area contributed by atoms with Gasteiger partial charge in [-0.05, 0) is 40.4 Å². The van der Waals surface area contributed by atoms with E-state index in [9.17, 15) is 10.2 Å². The molecule has 0 saturated carbocycles. The minimum Gasteiger partial charge on any atom is -0.508 e. The second kappa shape index (κ2) is 5.29. The van der Waals surface area contributed by atoms with Gasteiger partial charge in [-0.1, -0.05) is 36.4 Å². The number of fused-ring (bicyclic) bond motifs is 2. The first-order valence-electron chi connectivity index (χ1n) is 7.48. The van der Waals surface area contributed by atoms with Crippen molar-refractivity contribution in [3.63, 3.8) is 0 Å². The molecule has 0 unspecified atom stereocenters. The van der Waals surface area contributed by atoms with Gasteiger partial charge in [0, 0.05) is 23.6 Å². The molecule has 112 valence electrons. The molecule has 0 amide bonds. The van der Waals surface area contributed by atoms with Crippen molar-refractivity contribution >= 4 is 21.5 Å². The molecule has 3 aromatic carbocycles. The molecule has 2 N–H and O–H groups in total. The third kappa shape index (κ3) is 2.36. The van der Waals surface area contributed by atoms with E-state index in [0.29, 0.717) is 6.42 Å². The van der Waals surface area contributed by atoms with E-state index < -0.39 is 0 Å². The highest BCUT2D eigenvalue weighted by Gasteiger charge is 2.11. The third-order valence-electron chi connectivity index (χ3n) is 4.19. The number of benzene rings is 3. The average Bonchev–Trinajstić information content (AvgIpc) is 2.58. The van der Waals surface area contributed by atoms with Crippen LogP contribution in [0.4, 0.5) is 0 Å². The lowest BCUT2D eigenvalue weighted by Gasteiger charge is -2.11. The van der Waals surface area contributed by atoms with Gasteiger partial charge in [0.05, 0.1) is 5.69 Å². The summed E-state index contributed by atoms with van der Waals surface area (Å²) in [6, 6.07) is 18.8. The van der Waals surface area contributed by atoms with Crippen LogP contribution in [0.1, 0.15) is 11.3 Å². The summed E-state index contributed by atoms with van der Waals surface area (Å²) in [7, 11) is 0. The first-order valence-corrected chi connectivity index (χ1v) is 7.48. The molecule has 0 aliphatic carbocycles. The van der Waals surface area contributed by atoms with E-state index in [1.807, 2.05) is 42.5 Å². The Labute approximate surface area is 133 Å². The topological polar surface area (TPSA) is 53.4 Å². The van der Waals surface area contributed by atoms with Crippen molar-refractivity contribution in [2.75, 3.05) is 0 Å². The fraction of sp³-hybridized carbons (Fsp3) is 0.0500. The molecular formula is C20H15NO2. The maximum atomic E-state index is 10.3. The summed E-state index contributed by atoms with van der Waals surface area (Å²) >= 11 is 0. The zero-order valence-electron chi connectivity index (χ0n) is 12.4. The van der Waals surface area contributed by atoms with Crippen LogP contribution in [0.15, 0.2) is 66.9 Å². The highest BCUT2D eigenvalue weighted by molar-refractivity contribution is 5.90. The van der Waals surface area contributed by atoms with E-state index in [1.54, 1.807) is 24.4 Å². The number of hydrogen-bond donors (Lipinski definition) is 2. The molecule has 0 atom stereocenters. The van der Waals surface area contributed by atoms with E-state index in [4.69, 9.17) is 0 Å². The van der Waals surface area contributed by atoms with Crippen LogP contribution in [0.5, 0.6) is 11.5 Å². The van der Waals surface area contributed by atoms with E-state index >= 15 is 0 Å². The lowest BCUT2D eigenvalue weighted by molar-refractivity contribution is 0.470. The Kier molecular flexibility index (Phi) is 3.12. The van der Waals surface area contributed by atoms with Gasteiger partial charge in [0.1, 0.15) is 11.5 Å². The van der Waals surface area contributed by atoms with Crippen LogP contribution in [0, 0.1) is 0 Å². The number of phenolic OH excluding ortho intramolecular Hbond substituents is 2. The first-order chi connectivity index (χ1) is 11.2. The van der Waals surface area contributed by atoms with Crippen molar-refractivity contribution in [2.24, 2.45) is 0 Å². The minimum atomic E-state index is 0.217. The van der Waals surface area contributed by atoms with Crippen LogP contribution in [0.25, 0.3) is 21.5 Å². The van der Waals surface area contributed by atoms with Gasteiger partial charge < -0.3 is 10.2 Å². The van der Waals surface area contributed by atoms with Gasteiger partial charge in [0.2, 0.25) is 0 Å². The van der Waals surface area contributed by atoms with E-state index in [2.05, 4.69) is 4.98 Å². The molecule has 4 aromatic rings. The molecule has 0 fully saturated rings. The Bertz CT molecular complexity index is 1020. The van der Waals surface area contributed by atoms with Gasteiger partial charge >= 0.3 is 0 Å². The lowest BCUT2D eigenvalue weighted by Crippen LogP contribution is -1.95. The number of phenols is 2. The number of hydrogen-bond acceptors (Lipinski definition) is 3. The summed E-state index contributed by atoms with van der Waals surface area (Å²) < 4.78 is 0. The Hall–Kier alpha value is -3.07. The smallest absolute Gasteiger partial charge is 0.119 e. The predicted octanol–water partition coefficient (Wildman–Crippen LogP) is 4.39. The summed E-state index contributed by atoms with van der Waals surface area (Å²) in [5.41, 5.74) is 1.69. The van der Waals surface area contributed by atoms with E-state index in [1.165, 1.54) is 0 Å². The van der Waals surface area contributed by atoms with Crippen molar-refractivity contribution in [3.8, 4) is 11.5 Å². The van der Waals surface area contributed by atoms with Crippen LogP contribution in [-0.2, 0) is 6.42 Å². The largest absolute Gasteiger partial charge is 0.508 e. The van der Waals surface area contributed by atoms with Gasteiger partial charge in [0.25, 0.3) is 0 Å². The molecule has 4 rings (SSSR count). The molecule has 0 spiro atoms. The van der Waals surface area contributed by atoms with Crippen LogP contribution < -0.4 is 0 Å². The van der Waals surface area contributed by atoms with Crippen LogP contribution in [0.2, 0.25) is 0 Å². The number of rotatable bonds is 2. The second-order valence-corrected chi connectivity index (χ2v) is 5.62. The summed E-state index contributed by atoms with van der Waals surface area (Å²) in [5.74, 6) is 0.483. The maximum Gasteiger partial charge on any atom is 0.119 e. The summed E-state index contributed by atoms with van der Waals surface area (Å²) in [5, 5.41) is 24.1. The zero-order chi connectivity index (χ0) is 15.8. The molecule has 0 bridgehead atoms. The molecule has 0 radical (unpaired) electrons. The van der Waals surface area contributed by atoms with Gasteiger partial charge in [0.15, 0.2) is 0 Å². The Balaban J connectivity index is 1.92. The fourth-order valence-electron chi connectivity index (χ4n) is 3.04. The first kappa shape index (κ1) is 13.6. The number of nitrogens with zero attached hydrogens (tertiary/aromatic N) is 1. The normalized spacial score (nSPS) is 11.1. The average molecular weight is 301 g/mol. The summed E-state index contributed by atoms with van der Waals surface area (Å²) in [6.07, 6.45) is 2.27. The van der Waals surface area contributed by atoms with Crippen molar-refractivity contribution in [3.05, 3.63) is 78.1 Å². The standard InChI is InChI=1S/C20H15NO2/c22-15-7-5-14-9-10-21-19(17(14)11-15)12-18-16-4-2-1-3-13(16)6-8-20(18)23/h1-11,22-23H,12H2. The fourth-order valence-corrected chi connectivity index (χ4v) is 3.04.